The van der Waals surface area contributed by atoms with Crippen molar-refractivity contribution < 1.29 is 4.74 Å². The Bertz CT molecular complexity index is 593. The summed E-state index contributed by atoms with van der Waals surface area (Å²) in [5, 5.41) is 9.05. The Hall–Kier alpha value is -1.47. The van der Waals surface area contributed by atoms with Gasteiger partial charge in [0.15, 0.2) is 0 Å². The molecule has 0 unspecified atom stereocenters. The summed E-state index contributed by atoms with van der Waals surface area (Å²) in [4.78, 5) is 9.41. The van der Waals surface area contributed by atoms with E-state index in [2.05, 4.69) is 25.4 Å². The van der Waals surface area contributed by atoms with E-state index in [1.54, 1.807) is 0 Å². The number of rotatable bonds is 9. The van der Waals surface area contributed by atoms with Crippen molar-refractivity contribution in [3.63, 3.8) is 0 Å². The molecule has 2 saturated carbocycles. The molecule has 0 N–H and O–H groups in total. The maximum Gasteiger partial charge on any atom is 0.131 e. The van der Waals surface area contributed by atoms with Gasteiger partial charge in [-0.1, -0.05) is 32.6 Å². The molecule has 3 rings (SSSR count). The van der Waals surface area contributed by atoms with Crippen molar-refractivity contribution in [2.24, 2.45) is 5.92 Å². The molecule has 0 aromatic carbocycles. The van der Waals surface area contributed by atoms with Gasteiger partial charge >= 0.3 is 0 Å². The van der Waals surface area contributed by atoms with Crippen LogP contribution in [0.5, 0.6) is 0 Å². The van der Waals surface area contributed by atoms with E-state index in [0.29, 0.717) is 17.9 Å². The van der Waals surface area contributed by atoms with Crippen LogP contribution in [0, 0.1) is 17.2 Å². The smallest absolute Gasteiger partial charge is 0.131 e. The van der Waals surface area contributed by atoms with Gasteiger partial charge in [-0.15, -0.1) is 0 Å². The Labute approximate surface area is 171 Å². The van der Waals surface area contributed by atoms with Crippen LogP contribution >= 0.6 is 0 Å². The minimum atomic E-state index is 0.240. The van der Waals surface area contributed by atoms with Crippen molar-refractivity contribution in [3.05, 3.63) is 23.8 Å². The topological polar surface area (TPSA) is 58.8 Å². The number of aromatic nitrogens is 2. The highest BCUT2D eigenvalue weighted by Gasteiger charge is 2.26. The molecule has 0 saturated heterocycles. The lowest BCUT2D eigenvalue weighted by Gasteiger charge is -2.29. The van der Waals surface area contributed by atoms with Crippen LogP contribution in [0.1, 0.15) is 114 Å². The summed E-state index contributed by atoms with van der Waals surface area (Å²) in [5.41, 5.74) is 1.30. The summed E-state index contributed by atoms with van der Waals surface area (Å²) in [6, 6.07) is 2.40. The zero-order chi connectivity index (χ0) is 19.6. The zero-order valence-corrected chi connectivity index (χ0v) is 17.6. The lowest BCUT2D eigenvalue weighted by atomic mass is 9.82. The number of ether oxygens (including phenoxy) is 1. The van der Waals surface area contributed by atoms with Crippen LogP contribution in [0.25, 0.3) is 0 Å². The summed E-state index contributed by atoms with van der Waals surface area (Å²) < 4.78 is 6.11. The molecule has 0 amide bonds. The van der Waals surface area contributed by atoms with Gasteiger partial charge in [0.1, 0.15) is 5.82 Å². The van der Waals surface area contributed by atoms with Crippen molar-refractivity contribution in [2.75, 3.05) is 6.61 Å². The Morgan fingerprint density at radius 3 is 2.18 bits per heavy atom. The summed E-state index contributed by atoms with van der Waals surface area (Å²) in [7, 11) is 0. The van der Waals surface area contributed by atoms with Crippen LogP contribution in [-0.4, -0.2) is 22.7 Å². The van der Waals surface area contributed by atoms with E-state index in [9.17, 15) is 0 Å². The van der Waals surface area contributed by atoms with E-state index in [4.69, 9.17) is 20.0 Å². The predicted octanol–water partition coefficient (Wildman–Crippen LogP) is 6.29. The van der Waals surface area contributed by atoms with Crippen LogP contribution in [0.4, 0.5) is 0 Å². The first kappa shape index (κ1) is 21.2. The monoisotopic (exact) mass is 383 g/mol. The van der Waals surface area contributed by atoms with E-state index >= 15 is 0 Å². The first-order chi connectivity index (χ1) is 13.8. The van der Waals surface area contributed by atoms with Crippen LogP contribution in [-0.2, 0) is 4.74 Å². The molecule has 0 aliphatic heterocycles. The summed E-state index contributed by atoms with van der Waals surface area (Å²) in [6.07, 6.45) is 19.9. The van der Waals surface area contributed by atoms with Gasteiger partial charge in [0.2, 0.25) is 0 Å². The highest BCUT2D eigenvalue weighted by molar-refractivity contribution is 5.14. The molecule has 4 heteroatoms. The molecular weight excluding hydrogens is 346 g/mol. The summed E-state index contributed by atoms with van der Waals surface area (Å²) in [5.74, 6) is 2.26. The number of hydrogen-bond donors (Lipinski definition) is 0. The fraction of sp³-hybridized carbons (Fsp3) is 0.792. The van der Waals surface area contributed by atoms with Gasteiger partial charge < -0.3 is 4.74 Å². The molecular formula is C24H37N3O. The molecule has 2 fully saturated rings. The molecule has 1 aromatic rings. The van der Waals surface area contributed by atoms with Crippen molar-refractivity contribution in [3.8, 4) is 6.07 Å². The third kappa shape index (κ3) is 6.27. The van der Waals surface area contributed by atoms with Gasteiger partial charge in [-0.25, -0.2) is 9.97 Å². The maximum absolute atomic E-state index is 9.05. The summed E-state index contributed by atoms with van der Waals surface area (Å²) >= 11 is 0. The Kier molecular flexibility index (Phi) is 8.73. The second kappa shape index (κ2) is 11.5. The highest BCUT2D eigenvalue weighted by Crippen LogP contribution is 2.36. The number of hydrogen-bond acceptors (Lipinski definition) is 4. The van der Waals surface area contributed by atoms with Gasteiger partial charge in [-0.2, -0.15) is 5.26 Å². The summed E-state index contributed by atoms with van der Waals surface area (Å²) in [6.45, 7) is 3.19. The highest BCUT2D eigenvalue weighted by atomic mass is 16.5. The van der Waals surface area contributed by atoms with Crippen LogP contribution in [0.3, 0.4) is 0 Å². The van der Waals surface area contributed by atoms with Gasteiger partial charge in [0, 0.05) is 30.8 Å². The normalized spacial score (nSPS) is 28.0. The zero-order valence-electron chi connectivity index (χ0n) is 17.6. The number of nitrogens with zero attached hydrogens (tertiary/aromatic N) is 3. The average molecular weight is 384 g/mol. The van der Waals surface area contributed by atoms with Crippen LogP contribution in [0.2, 0.25) is 0 Å². The standard InChI is InChI=1S/C24H37N3O/c1-2-3-4-5-6-15-28-23-13-11-20(12-14-23)22-17-26-24(27-18-22)21-9-7-19(16-25)8-10-21/h17-21,23H,2-15H2,1H3/t19-,20-,21-,23-. The van der Waals surface area contributed by atoms with Crippen molar-refractivity contribution in [2.45, 2.75) is 108 Å². The lowest BCUT2D eigenvalue weighted by molar-refractivity contribution is 0.0225. The SMILES string of the molecule is CCCCCCCO[C@H]1CC[C@H](c2cnc([C@H]3CC[C@H](C#N)CC3)nc2)CC1. The van der Waals surface area contributed by atoms with Crippen molar-refractivity contribution >= 4 is 0 Å². The molecule has 1 aromatic heterocycles. The lowest BCUT2D eigenvalue weighted by Crippen LogP contribution is -2.21. The quantitative estimate of drug-likeness (QED) is 0.470. The molecule has 4 nitrogen and oxygen atoms in total. The predicted molar refractivity (Wildman–Crippen MR) is 112 cm³/mol. The minimum Gasteiger partial charge on any atom is -0.378 e. The molecule has 2 aliphatic carbocycles. The largest absolute Gasteiger partial charge is 0.378 e. The van der Waals surface area contributed by atoms with E-state index in [1.165, 1.54) is 63.4 Å². The molecule has 0 bridgehead atoms. The third-order valence-corrected chi connectivity index (χ3v) is 6.71. The molecule has 2 aliphatic rings. The van der Waals surface area contributed by atoms with Crippen LogP contribution < -0.4 is 0 Å². The Balaban J connectivity index is 1.37. The minimum absolute atomic E-state index is 0.240. The van der Waals surface area contributed by atoms with Gasteiger partial charge in [-0.05, 0) is 69.3 Å². The van der Waals surface area contributed by atoms with Crippen molar-refractivity contribution in [1.29, 1.82) is 5.26 Å². The van der Waals surface area contributed by atoms with Crippen molar-refractivity contribution in [1.82, 2.24) is 9.97 Å². The fourth-order valence-electron chi connectivity index (χ4n) is 4.77. The van der Waals surface area contributed by atoms with E-state index in [1.807, 2.05) is 0 Å². The third-order valence-electron chi connectivity index (χ3n) is 6.71. The number of nitriles is 1. The van der Waals surface area contributed by atoms with E-state index in [-0.39, 0.29) is 5.92 Å². The van der Waals surface area contributed by atoms with Crippen LogP contribution in [0.15, 0.2) is 12.4 Å². The van der Waals surface area contributed by atoms with Gasteiger partial charge in [0.25, 0.3) is 0 Å². The molecule has 0 spiro atoms. The van der Waals surface area contributed by atoms with E-state index < -0.39 is 0 Å². The number of unbranched alkanes of at least 4 members (excludes halogenated alkanes) is 4. The second-order valence-electron chi connectivity index (χ2n) is 8.81. The molecule has 0 radical (unpaired) electrons. The first-order valence-electron chi connectivity index (χ1n) is 11.6. The second-order valence-corrected chi connectivity index (χ2v) is 8.81. The van der Waals surface area contributed by atoms with E-state index in [0.717, 1.165) is 38.1 Å². The molecule has 1 heterocycles. The molecule has 0 atom stereocenters. The molecule has 28 heavy (non-hydrogen) atoms. The fourth-order valence-corrected chi connectivity index (χ4v) is 4.77. The van der Waals surface area contributed by atoms with Gasteiger partial charge in [0.05, 0.1) is 12.2 Å². The maximum atomic E-state index is 9.05. The average Bonchev–Trinajstić information content (AvgIpc) is 2.77. The Morgan fingerprint density at radius 2 is 1.54 bits per heavy atom. The first-order valence-corrected chi connectivity index (χ1v) is 11.6. The van der Waals surface area contributed by atoms with Gasteiger partial charge in [-0.3, -0.25) is 0 Å². The Morgan fingerprint density at radius 1 is 0.893 bits per heavy atom. The molecule has 154 valence electrons.